The summed E-state index contributed by atoms with van der Waals surface area (Å²) in [7, 11) is 0. The molecular weight excluding hydrogens is 448 g/mol. The number of hydrogen-bond donors (Lipinski definition) is 0. The van der Waals surface area contributed by atoms with Crippen molar-refractivity contribution in [2.24, 2.45) is 5.92 Å². The fourth-order valence-electron chi connectivity index (χ4n) is 5.01. The molecule has 3 saturated heterocycles. The molecule has 34 heavy (non-hydrogen) atoms. The van der Waals surface area contributed by atoms with E-state index in [2.05, 4.69) is 0 Å². The molecule has 2 unspecified atom stereocenters. The Labute approximate surface area is 199 Å². The van der Waals surface area contributed by atoms with Crippen LogP contribution in [0.4, 0.5) is 4.79 Å². The summed E-state index contributed by atoms with van der Waals surface area (Å²) >= 11 is 0. The number of carbonyl (C=O) groups is 4. The van der Waals surface area contributed by atoms with Crippen molar-refractivity contribution in [1.29, 1.82) is 0 Å². The molecule has 0 aromatic rings. The summed E-state index contributed by atoms with van der Waals surface area (Å²) in [5.41, 5.74) is -2.17. The number of ether oxygens (including phenoxy) is 4. The van der Waals surface area contributed by atoms with Gasteiger partial charge in [0.05, 0.1) is 31.5 Å². The monoisotopic (exact) mass is 484 g/mol. The number of carbonyl (C=O) groups excluding carboxylic acids is 4. The van der Waals surface area contributed by atoms with E-state index in [1.165, 1.54) is 0 Å². The van der Waals surface area contributed by atoms with Gasteiger partial charge in [0, 0.05) is 25.9 Å². The van der Waals surface area contributed by atoms with Crippen molar-refractivity contribution in [2.45, 2.75) is 83.6 Å². The Morgan fingerprint density at radius 1 is 0.971 bits per heavy atom. The van der Waals surface area contributed by atoms with Crippen LogP contribution in [0.2, 0.25) is 0 Å². The molecule has 3 aliphatic rings. The van der Waals surface area contributed by atoms with Crippen molar-refractivity contribution in [1.82, 2.24) is 9.96 Å². The van der Waals surface area contributed by atoms with Crippen molar-refractivity contribution < 1.29 is 43.0 Å². The van der Waals surface area contributed by atoms with E-state index in [0.717, 1.165) is 0 Å². The van der Waals surface area contributed by atoms with Gasteiger partial charge in [0.15, 0.2) is 5.92 Å². The lowest BCUT2D eigenvalue weighted by molar-refractivity contribution is -0.336. The van der Waals surface area contributed by atoms with E-state index in [0.29, 0.717) is 19.5 Å². The molecule has 0 aliphatic carbocycles. The third kappa shape index (κ3) is 4.86. The highest BCUT2D eigenvalue weighted by Gasteiger charge is 2.75. The molecule has 192 valence electrons. The Bertz CT molecular complexity index is 800. The van der Waals surface area contributed by atoms with Crippen molar-refractivity contribution in [3.63, 3.8) is 0 Å². The van der Waals surface area contributed by atoms with E-state index in [-0.39, 0.29) is 32.7 Å². The largest absolute Gasteiger partial charge is 0.465 e. The highest BCUT2D eigenvalue weighted by molar-refractivity contribution is 5.95. The first-order valence-corrected chi connectivity index (χ1v) is 11.9. The van der Waals surface area contributed by atoms with Gasteiger partial charge in [-0.2, -0.15) is 5.06 Å². The molecule has 1 spiro atoms. The van der Waals surface area contributed by atoms with Crippen LogP contribution in [-0.4, -0.2) is 89.7 Å². The number of rotatable bonds is 8. The summed E-state index contributed by atoms with van der Waals surface area (Å²) in [6, 6.07) is 0. The summed E-state index contributed by atoms with van der Waals surface area (Å²) in [5.74, 6) is -2.93. The molecular formula is C23H36N2O9. The minimum absolute atomic E-state index is 0.0151. The molecule has 0 N–H and O–H groups in total. The molecule has 0 saturated carbocycles. The Morgan fingerprint density at radius 2 is 1.53 bits per heavy atom. The fraction of sp³-hybridized carbons (Fsp3) is 0.826. The lowest BCUT2D eigenvalue weighted by Gasteiger charge is -2.65. The lowest BCUT2D eigenvalue weighted by Crippen LogP contribution is -2.84. The molecule has 3 heterocycles. The summed E-state index contributed by atoms with van der Waals surface area (Å²) in [6.45, 7) is 11.6. The van der Waals surface area contributed by atoms with Gasteiger partial charge in [-0.05, 0) is 48.0 Å². The van der Waals surface area contributed by atoms with Crippen LogP contribution in [0.5, 0.6) is 0 Å². The van der Waals surface area contributed by atoms with E-state index in [9.17, 15) is 19.2 Å². The molecule has 3 rings (SSSR count). The van der Waals surface area contributed by atoms with Gasteiger partial charge in [-0.15, -0.1) is 0 Å². The Kier molecular flexibility index (Phi) is 7.47. The molecule has 0 aromatic heterocycles. The molecule has 11 nitrogen and oxygen atoms in total. The molecule has 1 amide bonds. The fourth-order valence-corrected chi connectivity index (χ4v) is 5.01. The molecule has 0 bridgehead atoms. The second-order valence-electron chi connectivity index (χ2n) is 10.0. The van der Waals surface area contributed by atoms with Crippen LogP contribution in [0.25, 0.3) is 0 Å². The Morgan fingerprint density at radius 3 is 2.03 bits per heavy atom. The predicted octanol–water partition coefficient (Wildman–Crippen LogP) is 1.82. The zero-order valence-electron chi connectivity index (χ0n) is 20.9. The van der Waals surface area contributed by atoms with Crippen molar-refractivity contribution in [3.8, 4) is 0 Å². The molecule has 3 fully saturated rings. The highest BCUT2D eigenvalue weighted by atomic mass is 16.7. The standard InChI is InChI=1S/C23H36N2O9/c1-7-30-17(26)16(18(27)31-8-2)10-15-11-23(19(28)32-9-3)12-22(25(23)34-15)13-24(14-22)20(29)33-21(4,5)6/h15-16H,7-14H2,1-6H3. The average molecular weight is 485 g/mol. The molecule has 3 aliphatic heterocycles. The number of hydroxylamine groups is 2. The summed E-state index contributed by atoms with van der Waals surface area (Å²) < 4.78 is 20.9. The topological polar surface area (TPSA) is 121 Å². The SMILES string of the molecule is CCOC(=O)C(CC1CC2(C(=O)OCC)CC3(CN(C(=O)OC(C)(C)C)C3)N2O1)C(=O)OCC. The molecule has 2 atom stereocenters. The third-order valence-corrected chi connectivity index (χ3v) is 6.18. The van der Waals surface area contributed by atoms with Crippen molar-refractivity contribution >= 4 is 24.0 Å². The Hall–Kier alpha value is -2.40. The number of nitrogens with zero attached hydrogens (tertiary/aromatic N) is 2. The minimum atomic E-state index is -1.15. The van der Waals surface area contributed by atoms with Gasteiger partial charge in [0.2, 0.25) is 0 Å². The van der Waals surface area contributed by atoms with Gasteiger partial charge < -0.3 is 23.8 Å². The first kappa shape index (κ1) is 26.2. The van der Waals surface area contributed by atoms with E-state index in [1.807, 2.05) is 0 Å². The number of likely N-dealkylation sites (tertiary alicyclic amines) is 1. The van der Waals surface area contributed by atoms with Crippen molar-refractivity contribution in [3.05, 3.63) is 0 Å². The number of fused-ring (bicyclic) bond motifs is 2. The minimum Gasteiger partial charge on any atom is -0.465 e. The zero-order chi connectivity index (χ0) is 25.3. The van der Waals surface area contributed by atoms with E-state index >= 15 is 0 Å². The van der Waals surface area contributed by atoms with Gasteiger partial charge in [0.1, 0.15) is 11.1 Å². The first-order chi connectivity index (χ1) is 15.9. The second-order valence-corrected chi connectivity index (χ2v) is 10.0. The van der Waals surface area contributed by atoms with Gasteiger partial charge in [0.25, 0.3) is 0 Å². The normalized spacial score (nSPS) is 25.3. The van der Waals surface area contributed by atoms with Crippen LogP contribution >= 0.6 is 0 Å². The maximum Gasteiger partial charge on any atom is 0.410 e. The van der Waals surface area contributed by atoms with E-state index < -0.39 is 52.7 Å². The van der Waals surface area contributed by atoms with Crippen LogP contribution in [0.3, 0.4) is 0 Å². The maximum atomic E-state index is 12.9. The third-order valence-electron chi connectivity index (χ3n) is 6.18. The number of esters is 3. The summed E-state index contributed by atoms with van der Waals surface area (Å²) in [5, 5.41) is 1.62. The van der Waals surface area contributed by atoms with E-state index in [1.54, 1.807) is 51.5 Å². The van der Waals surface area contributed by atoms with Crippen molar-refractivity contribution in [2.75, 3.05) is 32.9 Å². The van der Waals surface area contributed by atoms with Crippen LogP contribution in [0, 0.1) is 5.92 Å². The first-order valence-electron chi connectivity index (χ1n) is 11.9. The number of hydrogen-bond acceptors (Lipinski definition) is 10. The molecule has 11 heteroatoms. The van der Waals surface area contributed by atoms with Crippen LogP contribution in [-0.2, 0) is 38.2 Å². The molecule has 0 radical (unpaired) electrons. The van der Waals surface area contributed by atoms with E-state index in [4.69, 9.17) is 23.8 Å². The van der Waals surface area contributed by atoms with Crippen LogP contribution in [0.1, 0.15) is 60.8 Å². The van der Waals surface area contributed by atoms with Gasteiger partial charge in [-0.25, -0.2) is 9.59 Å². The zero-order valence-corrected chi connectivity index (χ0v) is 20.9. The summed E-state index contributed by atoms with van der Waals surface area (Å²) in [6.07, 6.45) is -0.306. The molecule has 0 aromatic carbocycles. The maximum absolute atomic E-state index is 12.9. The van der Waals surface area contributed by atoms with Gasteiger partial charge in [-0.1, -0.05) is 0 Å². The average Bonchev–Trinajstić information content (AvgIpc) is 2.98. The smallest absolute Gasteiger partial charge is 0.410 e. The van der Waals surface area contributed by atoms with Crippen LogP contribution < -0.4 is 0 Å². The van der Waals surface area contributed by atoms with Gasteiger partial charge >= 0.3 is 24.0 Å². The summed E-state index contributed by atoms with van der Waals surface area (Å²) in [4.78, 5) is 57.9. The lowest BCUT2D eigenvalue weighted by atomic mass is 9.65. The quantitative estimate of drug-likeness (QED) is 0.286. The van der Waals surface area contributed by atoms with Gasteiger partial charge in [-0.3, -0.25) is 14.4 Å². The highest BCUT2D eigenvalue weighted by Crippen LogP contribution is 2.57. The second kappa shape index (κ2) is 9.69. The Balaban J connectivity index is 1.73. The number of amides is 1. The van der Waals surface area contributed by atoms with Crippen LogP contribution in [0.15, 0.2) is 0 Å². The predicted molar refractivity (Wildman–Crippen MR) is 117 cm³/mol.